The van der Waals surface area contributed by atoms with Crippen molar-refractivity contribution in [2.24, 2.45) is 11.7 Å². The Morgan fingerprint density at radius 1 is 1.25 bits per heavy atom. The van der Waals surface area contributed by atoms with Crippen LogP contribution >= 0.6 is 23.7 Å². The number of rotatable bonds is 4. The van der Waals surface area contributed by atoms with Gasteiger partial charge in [0.2, 0.25) is 15.9 Å². The minimum absolute atomic E-state index is 0. The molecule has 1 saturated heterocycles. The Morgan fingerprint density at radius 3 is 2.50 bits per heavy atom. The minimum Gasteiger partial charge on any atom is -0.342 e. The molecule has 136 valence electrons. The SMILES string of the molecule is Cl.NC1CCC(C(=O)N2CCC(NS(=O)(=O)c3cccs3)CC2)C1. The highest BCUT2D eigenvalue weighted by Crippen LogP contribution is 2.27. The van der Waals surface area contributed by atoms with E-state index in [1.54, 1.807) is 17.5 Å². The first-order valence-corrected chi connectivity index (χ1v) is 10.4. The molecule has 0 spiro atoms. The molecule has 2 aliphatic rings. The van der Waals surface area contributed by atoms with Gasteiger partial charge in [0.05, 0.1) is 0 Å². The summed E-state index contributed by atoms with van der Waals surface area (Å²) in [4.78, 5) is 14.3. The Kier molecular flexibility index (Phi) is 6.66. The van der Waals surface area contributed by atoms with Crippen LogP contribution in [0.3, 0.4) is 0 Å². The second kappa shape index (κ2) is 8.14. The van der Waals surface area contributed by atoms with Gasteiger partial charge >= 0.3 is 0 Å². The molecular formula is C15H24ClN3O3S2. The van der Waals surface area contributed by atoms with E-state index in [0.29, 0.717) is 30.1 Å². The van der Waals surface area contributed by atoms with Gasteiger partial charge in [-0.25, -0.2) is 13.1 Å². The number of nitrogens with one attached hydrogen (secondary N) is 1. The summed E-state index contributed by atoms with van der Waals surface area (Å²) in [7, 11) is -3.43. The molecular weight excluding hydrogens is 370 g/mol. The van der Waals surface area contributed by atoms with E-state index in [4.69, 9.17) is 5.73 Å². The van der Waals surface area contributed by atoms with Crippen LogP contribution in [0, 0.1) is 5.92 Å². The summed E-state index contributed by atoms with van der Waals surface area (Å²) in [5, 5.41) is 1.75. The molecule has 1 aliphatic carbocycles. The quantitative estimate of drug-likeness (QED) is 0.811. The van der Waals surface area contributed by atoms with Gasteiger partial charge in [-0.15, -0.1) is 23.7 Å². The van der Waals surface area contributed by atoms with Crippen LogP contribution in [0.2, 0.25) is 0 Å². The lowest BCUT2D eigenvalue weighted by molar-refractivity contribution is -0.136. The predicted molar refractivity (Wildman–Crippen MR) is 96.8 cm³/mol. The molecule has 3 rings (SSSR count). The van der Waals surface area contributed by atoms with E-state index in [-0.39, 0.29) is 36.3 Å². The Balaban J connectivity index is 0.00000208. The van der Waals surface area contributed by atoms with Gasteiger partial charge in [0.25, 0.3) is 0 Å². The average molecular weight is 394 g/mol. The van der Waals surface area contributed by atoms with Gasteiger partial charge in [-0.1, -0.05) is 6.07 Å². The second-order valence-corrected chi connectivity index (χ2v) is 9.31. The molecule has 0 bridgehead atoms. The Morgan fingerprint density at radius 2 is 1.96 bits per heavy atom. The molecule has 2 atom stereocenters. The number of hydrogen-bond donors (Lipinski definition) is 2. The summed E-state index contributed by atoms with van der Waals surface area (Å²) in [6.45, 7) is 1.23. The van der Waals surface area contributed by atoms with Gasteiger partial charge in [-0.05, 0) is 43.6 Å². The monoisotopic (exact) mass is 393 g/mol. The van der Waals surface area contributed by atoms with Crippen molar-refractivity contribution < 1.29 is 13.2 Å². The van der Waals surface area contributed by atoms with Crippen molar-refractivity contribution in [3.05, 3.63) is 17.5 Å². The topological polar surface area (TPSA) is 92.5 Å². The maximum atomic E-state index is 12.5. The van der Waals surface area contributed by atoms with Gasteiger partial charge < -0.3 is 10.6 Å². The van der Waals surface area contributed by atoms with E-state index < -0.39 is 10.0 Å². The van der Waals surface area contributed by atoms with Crippen LogP contribution in [0.5, 0.6) is 0 Å². The summed E-state index contributed by atoms with van der Waals surface area (Å²) in [5.41, 5.74) is 5.88. The highest BCUT2D eigenvalue weighted by Gasteiger charge is 2.33. The Labute approximate surface area is 153 Å². The molecule has 6 nitrogen and oxygen atoms in total. The molecule has 0 aromatic carbocycles. The molecule has 1 saturated carbocycles. The summed E-state index contributed by atoms with van der Waals surface area (Å²) in [6.07, 6.45) is 3.91. The van der Waals surface area contributed by atoms with E-state index in [2.05, 4.69) is 4.72 Å². The second-order valence-electron chi connectivity index (χ2n) is 6.42. The van der Waals surface area contributed by atoms with Crippen molar-refractivity contribution in [3.8, 4) is 0 Å². The third kappa shape index (κ3) is 4.49. The number of hydrogen-bond acceptors (Lipinski definition) is 5. The van der Waals surface area contributed by atoms with Crippen LogP contribution < -0.4 is 10.5 Å². The van der Waals surface area contributed by atoms with Gasteiger partial charge in [0.1, 0.15) is 4.21 Å². The van der Waals surface area contributed by atoms with E-state index in [9.17, 15) is 13.2 Å². The van der Waals surface area contributed by atoms with Crippen LogP contribution in [-0.2, 0) is 14.8 Å². The molecule has 3 N–H and O–H groups in total. The van der Waals surface area contributed by atoms with Crippen molar-refractivity contribution in [1.82, 2.24) is 9.62 Å². The number of thiophene rings is 1. The zero-order valence-electron chi connectivity index (χ0n) is 13.4. The predicted octanol–water partition coefficient (Wildman–Crippen LogP) is 1.57. The molecule has 0 radical (unpaired) electrons. The van der Waals surface area contributed by atoms with Crippen molar-refractivity contribution in [1.29, 1.82) is 0 Å². The van der Waals surface area contributed by atoms with Crippen molar-refractivity contribution in [2.75, 3.05) is 13.1 Å². The molecule has 1 aromatic rings. The fourth-order valence-corrected chi connectivity index (χ4v) is 5.73. The van der Waals surface area contributed by atoms with Crippen molar-refractivity contribution in [3.63, 3.8) is 0 Å². The summed E-state index contributed by atoms with van der Waals surface area (Å²) >= 11 is 1.21. The normalized spacial score (nSPS) is 25.5. The van der Waals surface area contributed by atoms with Crippen LogP contribution in [0.25, 0.3) is 0 Å². The van der Waals surface area contributed by atoms with Gasteiger partial charge in [0.15, 0.2) is 0 Å². The molecule has 2 unspecified atom stereocenters. The molecule has 2 heterocycles. The van der Waals surface area contributed by atoms with Crippen LogP contribution in [0.4, 0.5) is 0 Å². The van der Waals surface area contributed by atoms with Crippen molar-refractivity contribution in [2.45, 2.75) is 48.4 Å². The number of halogens is 1. The molecule has 24 heavy (non-hydrogen) atoms. The largest absolute Gasteiger partial charge is 0.342 e. The third-order valence-corrected chi connectivity index (χ3v) is 7.63. The Bertz CT molecular complexity index is 643. The number of nitrogens with zero attached hydrogens (tertiary/aromatic N) is 1. The third-order valence-electron chi connectivity index (χ3n) is 4.71. The number of carbonyl (C=O) groups is 1. The smallest absolute Gasteiger partial charge is 0.250 e. The van der Waals surface area contributed by atoms with E-state index >= 15 is 0 Å². The lowest BCUT2D eigenvalue weighted by atomic mass is 10.0. The zero-order chi connectivity index (χ0) is 16.4. The van der Waals surface area contributed by atoms with E-state index in [0.717, 1.165) is 19.3 Å². The Hall–Kier alpha value is -0.670. The van der Waals surface area contributed by atoms with Crippen LogP contribution in [0.1, 0.15) is 32.1 Å². The van der Waals surface area contributed by atoms with Gasteiger partial charge in [-0.3, -0.25) is 4.79 Å². The first kappa shape index (κ1) is 19.7. The zero-order valence-corrected chi connectivity index (χ0v) is 15.8. The summed E-state index contributed by atoms with van der Waals surface area (Å²) in [6, 6.07) is 3.39. The van der Waals surface area contributed by atoms with Gasteiger partial charge in [0, 0.05) is 31.1 Å². The average Bonchev–Trinajstić information content (AvgIpc) is 3.18. The number of carbonyl (C=O) groups excluding carboxylic acids is 1. The molecule has 1 aliphatic heterocycles. The van der Waals surface area contributed by atoms with E-state index in [1.807, 2.05) is 4.90 Å². The van der Waals surface area contributed by atoms with Crippen LogP contribution in [-0.4, -0.2) is 44.4 Å². The molecule has 2 fully saturated rings. The highest BCUT2D eigenvalue weighted by atomic mass is 35.5. The first-order chi connectivity index (χ1) is 11.0. The lowest BCUT2D eigenvalue weighted by Crippen LogP contribution is -2.47. The van der Waals surface area contributed by atoms with Crippen molar-refractivity contribution >= 4 is 39.7 Å². The number of sulfonamides is 1. The molecule has 1 aromatic heterocycles. The standard InChI is InChI=1S/C15H23N3O3S2.ClH/c16-12-4-3-11(10-12)15(19)18-7-5-13(6-8-18)17-23(20,21)14-2-1-9-22-14;/h1-2,9,11-13,17H,3-8,10,16H2;1H. The van der Waals surface area contributed by atoms with Crippen LogP contribution in [0.15, 0.2) is 21.7 Å². The maximum absolute atomic E-state index is 12.5. The summed E-state index contributed by atoms with van der Waals surface area (Å²) in [5.74, 6) is 0.252. The van der Waals surface area contributed by atoms with E-state index in [1.165, 1.54) is 11.3 Å². The number of piperidine rings is 1. The number of nitrogens with two attached hydrogens (primary N) is 1. The first-order valence-electron chi connectivity index (χ1n) is 8.06. The highest BCUT2D eigenvalue weighted by molar-refractivity contribution is 7.91. The summed E-state index contributed by atoms with van der Waals surface area (Å²) < 4.78 is 27.6. The van der Waals surface area contributed by atoms with Gasteiger partial charge in [-0.2, -0.15) is 0 Å². The fourth-order valence-electron chi connectivity index (χ4n) is 3.41. The number of amides is 1. The number of likely N-dealkylation sites (tertiary alicyclic amines) is 1. The minimum atomic E-state index is -3.43. The molecule has 9 heteroatoms. The molecule has 1 amide bonds. The maximum Gasteiger partial charge on any atom is 0.250 e. The fraction of sp³-hybridized carbons (Fsp3) is 0.667. The lowest BCUT2D eigenvalue weighted by Gasteiger charge is -2.33.